The van der Waals surface area contributed by atoms with E-state index in [1.807, 2.05) is 25.1 Å². The summed E-state index contributed by atoms with van der Waals surface area (Å²) in [5, 5.41) is 10.1. The Hall–Kier alpha value is -1.46. The maximum absolute atomic E-state index is 11.2. The minimum absolute atomic E-state index is 0.0505. The van der Waals surface area contributed by atoms with Crippen molar-refractivity contribution >= 4 is 28.7 Å². The van der Waals surface area contributed by atoms with Gasteiger partial charge in [0.05, 0.1) is 0 Å². The van der Waals surface area contributed by atoms with Gasteiger partial charge in [-0.2, -0.15) is 11.8 Å². The van der Waals surface area contributed by atoms with Gasteiger partial charge in [0.2, 0.25) is 5.76 Å². The summed E-state index contributed by atoms with van der Waals surface area (Å²) in [4.78, 5) is 11.2. The van der Waals surface area contributed by atoms with Crippen LogP contribution in [0.2, 0.25) is 0 Å². The van der Waals surface area contributed by atoms with Crippen LogP contribution in [0.25, 0.3) is 11.0 Å². The third kappa shape index (κ3) is 3.30. The normalized spacial score (nSPS) is 12.7. The lowest BCUT2D eigenvalue weighted by molar-refractivity contribution is 0.0664. The molecule has 0 radical (unpaired) electrons. The third-order valence-electron chi connectivity index (χ3n) is 2.86. The molecule has 0 amide bonds. The maximum Gasteiger partial charge on any atom is 0.372 e. The van der Waals surface area contributed by atoms with Gasteiger partial charge in [-0.1, -0.05) is 18.2 Å². The lowest BCUT2D eigenvalue weighted by atomic mass is 10.1. The van der Waals surface area contributed by atoms with Gasteiger partial charge < -0.3 is 15.3 Å². The quantitative estimate of drug-likeness (QED) is 0.795. The van der Waals surface area contributed by atoms with Crippen LogP contribution < -0.4 is 5.73 Å². The Morgan fingerprint density at radius 3 is 2.89 bits per heavy atom. The molecule has 19 heavy (non-hydrogen) atoms. The first-order chi connectivity index (χ1) is 9.09. The summed E-state index contributed by atoms with van der Waals surface area (Å²) in [6.07, 6.45) is 0.919. The Morgan fingerprint density at radius 1 is 1.47 bits per heavy atom. The molecule has 0 aliphatic rings. The van der Waals surface area contributed by atoms with Crippen molar-refractivity contribution in [3.63, 3.8) is 0 Å². The van der Waals surface area contributed by atoms with Crippen LogP contribution in [0.1, 0.15) is 29.5 Å². The number of carboxylic acids is 1. The largest absolute Gasteiger partial charge is 0.475 e. The second-order valence-electron chi connectivity index (χ2n) is 4.53. The van der Waals surface area contributed by atoms with Gasteiger partial charge in [-0.05, 0) is 25.2 Å². The van der Waals surface area contributed by atoms with Gasteiger partial charge in [-0.15, -0.1) is 0 Å². The number of carbonyl (C=O) groups is 1. The highest BCUT2D eigenvalue weighted by molar-refractivity contribution is 7.98. The number of hydrogen-bond acceptors (Lipinski definition) is 4. The fourth-order valence-corrected chi connectivity index (χ4v) is 3.03. The number of thioether (sulfide) groups is 1. The molecular formula is C14H17NO3S. The van der Waals surface area contributed by atoms with Crippen molar-refractivity contribution in [1.82, 2.24) is 0 Å². The molecule has 0 aliphatic heterocycles. The highest BCUT2D eigenvalue weighted by atomic mass is 32.2. The van der Waals surface area contributed by atoms with Crippen molar-refractivity contribution < 1.29 is 14.3 Å². The summed E-state index contributed by atoms with van der Waals surface area (Å²) in [7, 11) is 0. The van der Waals surface area contributed by atoms with Crippen molar-refractivity contribution in [2.75, 3.05) is 5.75 Å². The molecule has 1 atom stereocenters. The van der Waals surface area contributed by atoms with Crippen LogP contribution in [-0.2, 0) is 5.75 Å². The van der Waals surface area contributed by atoms with Gasteiger partial charge in [-0.3, -0.25) is 0 Å². The van der Waals surface area contributed by atoms with E-state index in [9.17, 15) is 9.90 Å². The molecular weight excluding hydrogens is 262 g/mol. The molecule has 1 heterocycles. The van der Waals surface area contributed by atoms with Gasteiger partial charge in [0.25, 0.3) is 0 Å². The number of benzene rings is 1. The number of furan rings is 1. The summed E-state index contributed by atoms with van der Waals surface area (Å²) >= 11 is 1.68. The number of para-hydroxylation sites is 1. The molecule has 0 aliphatic carbocycles. The van der Waals surface area contributed by atoms with E-state index < -0.39 is 5.97 Å². The molecule has 1 aromatic carbocycles. The second kappa shape index (κ2) is 6.12. The van der Waals surface area contributed by atoms with E-state index in [0.29, 0.717) is 11.3 Å². The zero-order chi connectivity index (χ0) is 13.8. The molecule has 5 heteroatoms. The Bertz CT molecular complexity index is 577. The molecule has 102 valence electrons. The number of fused-ring (bicyclic) bond motifs is 1. The lowest BCUT2D eigenvalue weighted by Crippen LogP contribution is -2.15. The Balaban J connectivity index is 2.19. The smallest absolute Gasteiger partial charge is 0.372 e. The predicted molar refractivity (Wildman–Crippen MR) is 77.6 cm³/mol. The zero-order valence-electron chi connectivity index (χ0n) is 10.8. The van der Waals surface area contributed by atoms with Gasteiger partial charge in [0.15, 0.2) is 0 Å². The van der Waals surface area contributed by atoms with Crippen molar-refractivity contribution in [2.45, 2.75) is 25.1 Å². The summed E-state index contributed by atoms with van der Waals surface area (Å²) in [6, 6.07) is 7.59. The summed E-state index contributed by atoms with van der Waals surface area (Å²) in [5.74, 6) is 0.579. The SMILES string of the molecule is CC(N)CCSCc1c(C(=O)O)oc2ccccc12. The Morgan fingerprint density at radius 2 is 2.21 bits per heavy atom. The van der Waals surface area contributed by atoms with Gasteiger partial charge in [-0.25, -0.2) is 4.79 Å². The molecule has 4 nitrogen and oxygen atoms in total. The molecule has 3 N–H and O–H groups in total. The van der Waals surface area contributed by atoms with Crippen LogP contribution in [0.5, 0.6) is 0 Å². The first kappa shape index (κ1) is 14.0. The standard InChI is InChI=1S/C14H17NO3S/c1-9(15)6-7-19-8-11-10-4-2-3-5-12(10)18-13(11)14(16)17/h2-5,9H,6-8,15H2,1H3,(H,16,17). The van der Waals surface area contributed by atoms with Crippen LogP contribution in [0.15, 0.2) is 28.7 Å². The molecule has 0 saturated heterocycles. The second-order valence-corrected chi connectivity index (χ2v) is 5.63. The summed E-state index contributed by atoms with van der Waals surface area (Å²) in [5.41, 5.74) is 7.08. The predicted octanol–water partition coefficient (Wildman–Crippen LogP) is 3.10. The number of aromatic carboxylic acids is 1. The fraction of sp³-hybridized carbons (Fsp3) is 0.357. The van der Waals surface area contributed by atoms with E-state index in [1.165, 1.54) is 0 Å². The first-order valence-corrected chi connectivity index (χ1v) is 7.32. The average Bonchev–Trinajstić information content (AvgIpc) is 2.73. The molecule has 2 aromatic rings. The van der Waals surface area contributed by atoms with E-state index in [2.05, 4.69) is 0 Å². The monoisotopic (exact) mass is 279 g/mol. The minimum atomic E-state index is -1.01. The van der Waals surface area contributed by atoms with Crippen molar-refractivity contribution in [3.05, 3.63) is 35.6 Å². The number of nitrogens with two attached hydrogens (primary N) is 1. The zero-order valence-corrected chi connectivity index (χ0v) is 11.6. The molecule has 0 spiro atoms. The Kier molecular flexibility index (Phi) is 4.50. The van der Waals surface area contributed by atoms with Gasteiger partial charge in [0.1, 0.15) is 5.58 Å². The molecule has 2 rings (SSSR count). The van der Waals surface area contributed by atoms with E-state index in [4.69, 9.17) is 10.2 Å². The van der Waals surface area contributed by atoms with Crippen molar-refractivity contribution in [1.29, 1.82) is 0 Å². The van der Waals surface area contributed by atoms with Crippen molar-refractivity contribution in [3.8, 4) is 0 Å². The Labute approximate surface area is 116 Å². The topological polar surface area (TPSA) is 76.5 Å². The minimum Gasteiger partial charge on any atom is -0.475 e. The van der Waals surface area contributed by atoms with Crippen LogP contribution >= 0.6 is 11.8 Å². The fourth-order valence-electron chi connectivity index (χ4n) is 1.86. The molecule has 0 fully saturated rings. The van der Waals surface area contributed by atoms with Gasteiger partial charge >= 0.3 is 5.97 Å². The van der Waals surface area contributed by atoms with E-state index in [1.54, 1.807) is 17.8 Å². The first-order valence-electron chi connectivity index (χ1n) is 6.16. The van der Waals surface area contributed by atoms with Crippen molar-refractivity contribution in [2.24, 2.45) is 5.73 Å². The summed E-state index contributed by atoms with van der Waals surface area (Å²) < 4.78 is 5.40. The molecule has 1 unspecified atom stereocenters. The average molecular weight is 279 g/mol. The van der Waals surface area contributed by atoms with Crippen LogP contribution in [0.3, 0.4) is 0 Å². The van der Waals surface area contributed by atoms with E-state index in [0.717, 1.165) is 23.1 Å². The van der Waals surface area contributed by atoms with E-state index >= 15 is 0 Å². The van der Waals surface area contributed by atoms with Gasteiger partial charge in [0, 0.05) is 22.7 Å². The third-order valence-corrected chi connectivity index (χ3v) is 3.87. The summed E-state index contributed by atoms with van der Waals surface area (Å²) in [6.45, 7) is 1.97. The molecule has 0 saturated carbocycles. The van der Waals surface area contributed by atoms with E-state index in [-0.39, 0.29) is 11.8 Å². The number of hydrogen-bond donors (Lipinski definition) is 2. The van der Waals surface area contributed by atoms with Crippen LogP contribution in [0.4, 0.5) is 0 Å². The highest BCUT2D eigenvalue weighted by Gasteiger charge is 2.19. The molecule has 0 bridgehead atoms. The van der Waals surface area contributed by atoms with Crippen LogP contribution in [0, 0.1) is 0 Å². The van der Waals surface area contributed by atoms with Crippen LogP contribution in [-0.4, -0.2) is 22.9 Å². The number of rotatable bonds is 6. The number of carboxylic acid groups (broad SMARTS) is 1. The lowest BCUT2D eigenvalue weighted by Gasteiger charge is -2.04. The molecule has 1 aromatic heterocycles. The maximum atomic E-state index is 11.2. The highest BCUT2D eigenvalue weighted by Crippen LogP contribution is 2.29.